The number of benzene rings is 5. The summed E-state index contributed by atoms with van der Waals surface area (Å²) >= 11 is 0. The lowest BCUT2D eigenvalue weighted by molar-refractivity contribution is -0.151. The minimum Gasteiger partial charge on any atom is -0.505 e. The van der Waals surface area contributed by atoms with Crippen LogP contribution in [0.1, 0.15) is 73.4 Å². The van der Waals surface area contributed by atoms with Crippen LogP contribution in [-0.2, 0) is 73.7 Å². The molecule has 6 aromatic rings. The zero-order valence-electron chi connectivity index (χ0n) is 50.4. The third kappa shape index (κ3) is 21.2. The molecule has 0 saturated heterocycles. The number of amides is 2. The summed E-state index contributed by atoms with van der Waals surface area (Å²) in [6.07, 6.45) is -1.89. The zero-order chi connectivity index (χ0) is 64.6. The number of fused-ring (bicyclic) bond motifs is 2. The summed E-state index contributed by atoms with van der Waals surface area (Å²) in [6.45, 7) is 10.4. The van der Waals surface area contributed by atoms with Gasteiger partial charge in [-0.3, -0.25) is 28.1 Å². The van der Waals surface area contributed by atoms with Crippen LogP contribution in [0, 0.1) is 5.82 Å². The van der Waals surface area contributed by atoms with Crippen molar-refractivity contribution in [2.45, 2.75) is 72.9 Å². The molecule has 0 aliphatic carbocycles. The van der Waals surface area contributed by atoms with Crippen molar-refractivity contribution in [1.82, 2.24) is 19.7 Å². The van der Waals surface area contributed by atoms with Crippen LogP contribution in [0.25, 0.3) is 10.9 Å². The molecule has 23 nitrogen and oxygen atoms in total. The van der Waals surface area contributed by atoms with E-state index in [-0.39, 0.29) is 79.9 Å². The fourth-order valence-corrected chi connectivity index (χ4v) is 13.3. The molecule has 474 valence electrons. The Balaban J connectivity index is 0.000000279. The second kappa shape index (κ2) is 34.1. The molecule has 0 bridgehead atoms. The number of carbonyl (C=O) groups excluding carboxylic acids is 6. The number of hydrogen-bond acceptors (Lipinski definition) is 21. The van der Waals surface area contributed by atoms with Gasteiger partial charge in [-0.05, 0) is 116 Å². The van der Waals surface area contributed by atoms with Gasteiger partial charge in [-0.25, -0.2) is 32.5 Å². The van der Waals surface area contributed by atoms with Gasteiger partial charge in [0.25, 0.3) is 11.8 Å². The maximum atomic E-state index is 14.1. The SMILES string of the molecule is CCOC(=O)[C@H](C)OP(=O)(CC=O)Oc1ccccc1.CCOC(=O)[C@H](C)OP(=O)(CCN(C)C(=O)c1c2c(c(O)c3ncccc13)C(=O)N(Cc1ccc(F)cc1)C2)Oc1ccccc1.CCOC(=O)[C@H](C)OP(=O)(CCN(C)C)Oc1ccccc1. The number of nitrogens with zero attached hydrogens (tertiary/aromatic N) is 4. The van der Waals surface area contributed by atoms with Crippen molar-refractivity contribution in [2.24, 2.45) is 0 Å². The highest BCUT2D eigenvalue weighted by molar-refractivity contribution is 7.55. The number of halogens is 1. The van der Waals surface area contributed by atoms with Crippen molar-refractivity contribution in [3.05, 3.63) is 162 Å². The molecule has 5 aromatic carbocycles. The van der Waals surface area contributed by atoms with Gasteiger partial charge >= 0.3 is 40.7 Å². The Morgan fingerprint density at radius 2 is 1.07 bits per heavy atom. The predicted octanol–water partition coefficient (Wildman–Crippen LogP) is 10.8. The van der Waals surface area contributed by atoms with E-state index in [0.717, 1.165) is 0 Å². The molecule has 88 heavy (non-hydrogen) atoms. The van der Waals surface area contributed by atoms with Gasteiger partial charge < -0.3 is 52.4 Å². The van der Waals surface area contributed by atoms with Crippen molar-refractivity contribution in [2.75, 3.05) is 72.5 Å². The minimum absolute atomic E-state index is 0.00856. The first-order valence-corrected chi connectivity index (χ1v) is 33.1. The van der Waals surface area contributed by atoms with Gasteiger partial charge in [-0.15, -0.1) is 0 Å². The van der Waals surface area contributed by atoms with Crippen molar-refractivity contribution in [3.8, 4) is 23.0 Å². The number of phenols is 1. The van der Waals surface area contributed by atoms with Gasteiger partial charge in [0.05, 0.1) is 43.3 Å². The average Bonchev–Trinajstić information content (AvgIpc) is 1.77. The summed E-state index contributed by atoms with van der Waals surface area (Å²) in [5, 5.41) is 11.5. The fraction of sp³-hybridized carbons (Fsp3) is 0.361. The molecular formula is C61H74FN4O19P3. The summed E-state index contributed by atoms with van der Waals surface area (Å²) in [7, 11) is -6.02. The number of hydrogen-bond donors (Lipinski definition) is 1. The highest BCUT2D eigenvalue weighted by atomic mass is 31.2. The molecule has 1 aliphatic heterocycles. The van der Waals surface area contributed by atoms with Crippen LogP contribution in [0.5, 0.6) is 23.0 Å². The molecule has 0 fully saturated rings. The van der Waals surface area contributed by atoms with Crippen LogP contribution in [0.3, 0.4) is 0 Å². The van der Waals surface area contributed by atoms with Gasteiger partial charge in [-0.1, -0.05) is 72.8 Å². The van der Waals surface area contributed by atoms with Gasteiger partial charge in [-0.2, -0.15) is 0 Å². The molecule has 6 atom stereocenters. The van der Waals surface area contributed by atoms with Crippen LogP contribution in [0.4, 0.5) is 4.39 Å². The molecule has 3 unspecified atom stereocenters. The number of aromatic nitrogens is 1. The molecule has 0 spiro atoms. The lowest BCUT2D eigenvalue weighted by Crippen LogP contribution is -2.32. The van der Waals surface area contributed by atoms with E-state index in [1.165, 1.54) is 55.9 Å². The Morgan fingerprint density at radius 3 is 1.50 bits per heavy atom. The van der Waals surface area contributed by atoms with E-state index in [0.29, 0.717) is 40.8 Å². The third-order valence-corrected chi connectivity index (χ3v) is 17.9. The Kier molecular flexibility index (Phi) is 27.5. The quantitative estimate of drug-likeness (QED) is 0.0198. The Morgan fingerprint density at radius 1 is 0.636 bits per heavy atom. The molecule has 27 heteroatoms. The maximum absolute atomic E-state index is 14.1. The van der Waals surface area contributed by atoms with Crippen LogP contribution < -0.4 is 13.6 Å². The first-order chi connectivity index (χ1) is 41.9. The molecule has 7 rings (SSSR count). The smallest absolute Gasteiger partial charge is 0.387 e. The number of pyridine rings is 1. The van der Waals surface area contributed by atoms with Crippen LogP contribution in [-0.4, -0.2) is 152 Å². The second-order valence-electron chi connectivity index (χ2n) is 19.6. The lowest BCUT2D eigenvalue weighted by Gasteiger charge is -2.25. The van der Waals surface area contributed by atoms with Crippen LogP contribution in [0.2, 0.25) is 0 Å². The van der Waals surface area contributed by atoms with Crippen molar-refractivity contribution in [3.63, 3.8) is 0 Å². The van der Waals surface area contributed by atoms with Crippen LogP contribution in [0.15, 0.2) is 134 Å². The van der Waals surface area contributed by atoms with Crippen molar-refractivity contribution >= 4 is 69.7 Å². The predicted molar refractivity (Wildman–Crippen MR) is 325 cm³/mol. The molecule has 0 saturated carbocycles. The van der Waals surface area contributed by atoms with E-state index in [1.807, 2.05) is 25.1 Å². The molecule has 1 aromatic heterocycles. The van der Waals surface area contributed by atoms with E-state index in [9.17, 15) is 52.0 Å². The lowest BCUT2D eigenvalue weighted by atomic mass is 9.95. The van der Waals surface area contributed by atoms with Crippen molar-refractivity contribution in [1.29, 1.82) is 0 Å². The number of rotatable bonds is 29. The number of carbonyl (C=O) groups is 6. The molecular weight excluding hydrogens is 1200 g/mol. The number of para-hydroxylation sites is 3. The minimum atomic E-state index is -4.03. The Hall–Kier alpha value is -7.81. The summed E-state index contributed by atoms with van der Waals surface area (Å²) in [5.74, 6) is -2.68. The summed E-state index contributed by atoms with van der Waals surface area (Å²) in [4.78, 5) is 82.6. The first-order valence-electron chi connectivity index (χ1n) is 27.9. The topological polar surface area (TPSA) is 280 Å². The first kappa shape index (κ1) is 70.9. The average molecular weight is 1280 g/mol. The van der Waals surface area contributed by atoms with E-state index < -0.39 is 82.8 Å². The fourth-order valence-electron chi connectivity index (χ4n) is 8.21. The third-order valence-electron chi connectivity index (χ3n) is 12.4. The van der Waals surface area contributed by atoms with Gasteiger partial charge in [0, 0.05) is 50.4 Å². The molecule has 1 aliphatic rings. The van der Waals surface area contributed by atoms with Gasteiger partial charge in [0.2, 0.25) is 0 Å². The standard InChI is InChI=1S/C33H33FN3O8P.C15H24NO5P.C13H17O6P/c1-4-43-33(41)21(2)44-46(42,45-24-9-6-5-7-10-24)18-17-36(3)31(39)27-25-11-8-16-35-29(25)30(38)28-26(27)20-37(32(28)40)19-22-12-14-23(34)15-13-22;1-5-19-15(17)13(2)20-22(18,12-11-16(3)4)21-14-9-7-6-8-10-14;1-3-17-13(15)11(2)18-20(16,10-9-14)19-12-7-5-4-6-8-12/h5-16,21,38H,4,17-20H2,1-3H3;6-10,13H,5,11-12H2,1-4H3;4-9,11H,3,10H2,1-2H3/t21-,46?;13-,22?;11-,20?/m000/s1. The second-order valence-corrected chi connectivity index (χ2v) is 25.7. The molecule has 2 amide bonds. The number of esters is 3. The van der Waals surface area contributed by atoms with Crippen LogP contribution >= 0.6 is 22.8 Å². The largest absolute Gasteiger partial charge is 0.505 e. The number of phenolic OH excluding ortho intramolecular Hbond substituents is 1. The highest BCUT2D eigenvalue weighted by Gasteiger charge is 2.39. The summed E-state index contributed by atoms with van der Waals surface area (Å²) < 4.78 is 100. The van der Waals surface area contributed by atoms with E-state index in [1.54, 1.807) is 130 Å². The van der Waals surface area contributed by atoms with E-state index in [4.69, 9.17) is 41.4 Å². The molecule has 1 N–H and O–H groups in total. The van der Waals surface area contributed by atoms with E-state index >= 15 is 0 Å². The van der Waals surface area contributed by atoms with E-state index in [2.05, 4.69) is 4.98 Å². The maximum Gasteiger partial charge on any atom is 0.387 e. The monoisotopic (exact) mass is 1280 g/mol. The Bertz CT molecular complexity index is 3440. The van der Waals surface area contributed by atoms with Gasteiger partial charge in [0.1, 0.15) is 41.0 Å². The normalized spacial score (nSPS) is 14.7. The summed E-state index contributed by atoms with van der Waals surface area (Å²) in [5.41, 5.74) is 1.20. The molecule has 2 heterocycles. The highest BCUT2D eigenvalue weighted by Crippen LogP contribution is 2.51. The number of aromatic hydroxyl groups is 1. The Labute approximate surface area is 510 Å². The number of ether oxygens (including phenoxy) is 3. The summed E-state index contributed by atoms with van der Waals surface area (Å²) in [6, 6.07) is 34.3. The number of aldehydes is 1. The van der Waals surface area contributed by atoms with Crippen molar-refractivity contribution < 1.29 is 93.3 Å². The molecule has 0 radical (unpaired) electrons. The zero-order valence-corrected chi connectivity index (χ0v) is 53.1. The van der Waals surface area contributed by atoms with Gasteiger partial charge in [0.15, 0.2) is 24.1 Å².